The molecule has 0 spiro atoms. The molecule has 7 aliphatic rings. The van der Waals surface area contributed by atoms with E-state index in [9.17, 15) is 4.79 Å². The second-order valence-electron chi connectivity index (χ2n) is 13.8. The molecule has 7 saturated carbocycles. The molecule has 0 heterocycles. The van der Waals surface area contributed by atoms with E-state index in [0.717, 1.165) is 30.6 Å². The van der Waals surface area contributed by atoms with Crippen LogP contribution in [0, 0.1) is 63.6 Å². The number of hydrogen-bond acceptors (Lipinski definition) is 2. The summed E-state index contributed by atoms with van der Waals surface area (Å²) < 4.78 is 6.72. The van der Waals surface area contributed by atoms with Crippen molar-refractivity contribution in [2.75, 3.05) is 0 Å². The summed E-state index contributed by atoms with van der Waals surface area (Å²) in [5.74, 6) is 5.76. The molecule has 0 aliphatic heterocycles. The molecular weight excluding hydrogens is 356 g/mol. The van der Waals surface area contributed by atoms with Gasteiger partial charge in [0.1, 0.15) is 5.60 Å². The highest BCUT2D eigenvalue weighted by Crippen LogP contribution is 2.98. The van der Waals surface area contributed by atoms with Crippen LogP contribution in [0.25, 0.3) is 0 Å². The molecule has 7 rings (SSSR count). The van der Waals surface area contributed by atoms with Crippen molar-refractivity contribution in [1.82, 2.24) is 0 Å². The molecular formula is C27H42O2. The lowest BCUT2D eigenvalue weighted by molar-refractivity contribution is -0.246. The maximum absolute atomic E-state index is 13.7. The quantitative estimate of drug-likeness (QED) is 0.507. The summed E-state index contributed by atoms with van der Waals surface area (Å²) in [5, 5.41) is 0. The lowest BCUT2D eigenvalue weighted by Gasteiger charge is -2.67. The van der Waals surface area contributed by atoms with Gasteiger partial charge in [0, 0.05) is 0 Å². The summed E-state index contributed by atoms with van der Waals surface area (Å²) in [7, 11) is 0. The van der Waals surface area contributed by atoms with Gasteiger partial charge in [0.2, 0.25) is 0 Å². The smallest absolute Gasteiger partial charge is 0.310 e. The minimum atomic E-state index is -0.116. The number of hydrogen-bond donors (Lipinski definition) is 0. The zero-order valence-corrected chi connectivity index (χ0v) is 19.6. The average Bonchev–Trinajstić information content (AvgIpc) is 2.99. The van der Waals surface area contributed by atoms with Crippen LogP contribution in [0.1, 0.15) is 92.9 Å². The molecule has 2 nitrogen and oxygen atoms in total. The normalized spacial score (nSPS) is 56.3. The first-order valence-electron chi connectivity index (χ1n) is 12.8. The fraction of sp³-hybridized carbons (Fsp3) is 0.963. The van der Waals surface area contributed by atoms with Crippen LogP contribution in [0.5, 0.6) is 0 Å². The van der Waals surface area contributed by atoms with E-state index in [4.69, 9.17) is 4.74 Å². The third-order valence-corrected chi connectivity index (χ3v) is 11.4. The summed E-state index contributed by atoms with van der Waals surface area (Å²) in [4.78, 5) is 13.7. The molecule has 162 valence electrons. The van der Waals surface area contributed by atoms with Gasteiger partial charge in [-0.3, -0.25) is 4.79 Å². The van der Waals surface area contributed by atoms with E-state index >= 15 is 0 Å². The van der Waals surface area contributed by atoms with Crippen LogP contribution in [0.2, 0.25) is 0 Å². The fourth-order valence-electron chi connectivity index (χ4n) is 11.1. The second-order valence-corrected chi connectivity index (χ2v) is 13.8. The van der Waals surface area contributed by atoms with Gasteiger partial charge in [0.15, 0.2) is 0 Å². The molecule has 0 aromatic heterocycles. The Kier molecular flexibility index (Phi) is 3.60. The molecule has 7 fully saturated rings. The van der Waals surface area contributed by atoms with Gasteiger partial charge < -0.3 is 4.74 Å². The van der Waals surface area contributed by atoms with Crippen LogP contribution in [-0.4, -0.2) is 11.6 Å². The zero-order valence-electron chi connectivity index (χ0n) is 19.6. The maximum Gasteiger partial charge on any atom is 0.310 e. The molecule has 2 heteroatoms. The van der Waals surface area contributed by atoms with Crippen LogP contribution in [0.3, 0.4) is 0 Å². The van der Waals surface area contributed by atoms with E-state index in [1.807, 2.05) is 0 Å². The predicted molar refractivity (Wildman–Crippen MR) is 115 cm³/mol. The first-order valence-corrected chi connectivity index (χ1v) is 12.8. The lowest BCUT2D eigenvalue weighted by atomic mass is 9.36. The van der Waals surface area contributed by atoms with Crippen molar-refractivity contribution in [2.24, 2.45) is 63.6 Å². The van der Waals surface area contributed by atoms with Crippen molar-refractivity contribution in [2.45, 2.75) is 98.5 Å². The number of carbonyl (C=O) groups excluding carboxylic acids is 1. The van der Waals surface area contributed by atoms with Gasteiger partial charge in [-0.25, -0.2) is 0 Å². The summed E-state index contributed by atoms with van der Waals surface area (Å²) in [6, 6.07) is 0. The molecule has 0 amide bonds. The first kappa shape index (κ1) is 19.2. The average molecular weight is 399 g/mol. The standard InChI is InChI=1S/C27H42O2/c1-7-27(18-9-16-8-17(11-18)12-19(27)10-16)29-23(28)20-13-25-14-26(20,25)21(15(2)3)22(25)24(4,5)6/h15-22H,7-14H2,1-6H3. The third kappa shape index (κ3) is 2.04. The van der Waals surface area contributed by atoms with E-state index in [2.05, 4.69) is 41.5 Å². The predicted octanol–water partition coefficient (Wildman–Crippen LogP) is 6.48. The van der Waals surface area contributed by atoms with Gasteiger partial charge >= 0.3 is 5.97 Å². The van der Waals surface area contributed by atoms with Gasteiger partial charge in [-0.05, 0) is 109 Å². The first-order chi connectivity index (χ1) is 13.6. The summed E-state index contributed by atoms with van der Waals surface area (Å²) >= 11 is 0. The van der Waals surface area contributed by atoms with Gasteiger partial charge in [0.25, 0.3) is 0 Å². The van der Waals surface area contributed by atoms with E-state index in [1.54, 1.807) is 0 Å². The van der Waals surface area contributed by atoms with E-state index in [-0.39, 0.29) is 17.5 Å². The Balaban J connectivity index is 1.24. The van der Waals surface area contributed by atoms with Crippen LogP contribution in [0.15, 0.2) is 0 Å². The van der Waals surface area contributed by atoms with Crippen LogP contribution in [0.4, 0.5) is 0 Å². The molecule has 0 radical (unpaired) electrons. The minimum absolute atomic E-state index is 0.116. The van der Waals surface area contributed by atoms with Crippen molar-refractivity contribution in [3.63, 3.8) is 0 Å². The van der Waals surface area contributed by atoms with Crippen molar-refractivity contribution >= 4 is 5.97 Å². The van der Waals surface area contributed by atoms with Gasteiger partial charge in [-0.2, -0.15) is 0 Å². The summed E-state index contributed by atoms with van der Waals surface area (Å²) in [5.41, 5.74) is 1.05. The Morgan fingerprint density at radius 2 is 1.62 bits per heavy atom. The van der Waals surface area contributed by atoms with Crippen molar-refractivity contribution < 1.29 is 9.53 Å². The number of rotatable bonds is 4. The molecule has 5 atom stereocenters. The van der Waals surface area contributed by atoms with Crippen LogP contribution >= 0.6 is 0 Å². The van der Waals surface area contributed by atoms with E-state index < -0.39 is 0 Å². The molecule has 29 heavy (non-hydrogen) atoms. The SMILES string of the molecule is CCC1(OC(=O)C2CC34CC23C(C(C)C)C4C(C)(C)C)C2CC3CC(C2)CC1C3. The van der Waals surface area contributed by atoms with E-state index in [0.29, 0.717) is 39.9 Å². The largest absolute Gasteiger partial charge is 0.458 e. The number of ether oxygens (including phenoxy) is 1. The Hall–Kier alpha value is -0.530. The van der Waals surface area contributed by atoms with Crippen molar-refractivity contribution in [3.05, 3.63) is 0 Å². The molecule has 0 N–H and O–H groups in total. The van der Waals surface area contributed by atoms with Crippen LogP contribution in [-0.2, 0) is 9.53 Å². The number of carbonyl (C=O) groups is 1. The maximum atomic E-state index is 13.7. The highest BCUT2D eigenvalue weighted by Gasteiger charge is 2.94. The molecule has 0 aromatic rings. The van der Waals surface area contributed by atoms with Gasteiger partial charge in [-0.1, -0.05) is 41.5 Å². The molecule has 7 aliphatic carbocycles. The van der Waals surface area contributed by atoms with Gasteiger partial charge in [-0.15, -0.1) is 0 Å². The Morgan fingerprint density at radius 1 is 1.03 bits per heavy atom. The molecule has 0 aromatic carbocycles. The topological polar surface area (TPSA) is 26.3 Å². The Bertz CT molecular complexity index is 716. The monoisotopic (exact) mass is 398 g/mol. The molecule has 4 bridgehead atoms. The highest BCUT2D eigenvalue weighted by molar-refractivity contribution is 5.79. The molecule has 0 saturated heterocycles. The third-order valence-electron chi connectivity index (χ3n) is 11.4. The van der Waals surface area contributed by atoms with Crippen LogP contribution < -0.4 is 0 Å². The van der Waals surface area contributed by atoms with Crippen molar-refractivity contribution in [3.8, 4) is 0 Å². The Labute approximate surface area is 177 Å². The lowest BCUT2D eigenvalue weighted by Crippen LogP contribution is -2.66. The van der Waals surface area contributed by atoms with Gasteiger partial charge in [0.05, 0.1) is 5.92 Å². The minimum Gasteiger partial charge on any atom is -0.458 e. The summed E-state index contributed by atoms with van der Waals surface area (Å²) in [6.45, 7) is 14.4. The molecule has 5 unspecified atom stereocenters. The van der Waals surface area contributed by atoms with E-state index in [1.165, 1.54) is 38.5 Å². The number of esters is 1. The summed E-state index contributed by atoms with van der Waals surface area (Å²) in [6.07, 6.45) is 10.2. The Morgan fingerprint density at radius 3 is 2.10 bits per heavy atom. The second kappa shape index (κ2) is 5.44. The zero-order chi connectivity index (χ0) is 20.6. The van der Waals surface area contributed by atoms with Crippen molar-refractivity contribution in [1.29, 1.82) is 0 Å². The fourth-order valence-corrected chi connectivity index (χ4v) is 11.1. The highest BCUT2D eigenvalue weighted by atomic mass is 16.6.